The second-order valence-corrected chi connectivity index (χ2v) is 7.08. The van der Waals surface area contributed by atoms with E-state index in [4.69, 9.17) is 23.2 Å². The van der Waals surface area contributed by atoms with Crippen LogP contribution in [0.15, 0.2) is 18.2 Å². The molecule has 0 spiro atoms. The van der Waals surface area contributed by atoms with Crippen LogP contribution >= 0.6 is 23.2 Å². The van der Waals surface area contributed by atoms with E-state index < -0.39 is 17.5 Å². The Morgan fingerprint density at radius 2 is 1.59 bits per heavy atom. The molecule has 3 amide bonds. The summed E-state index contributed by atoms with van der Waals surface area (Å²) >= 11 is 11.9. The number of nitrogens with one attached hydrogen (secondary N) is 2. The molecule has 0 aromatic heterocycles. The average Bonchev–Trinajstić information content (AvgIpc) is 2.31. The highest BCUT2D eigenvalue weighted by Gasteiger charge is 2.29. The van der Waals surface area contributed by atoms with Crippen LogP contribution in [0.2, 0.25) is 10.0 Å². The van der Waals surface area contributed by atoms with Crippen LogP contribution in [0.3, 0.4) is 0 Å². The predicted octanol–water partition coefficient (Wildman–Crippen LogP) is 3.86. The Morgan fingerprint density at radius 1 is 1.09 bits per heavy atom. The van der Waals surface area contributed by atoms with E-state index in [9.17, 15) is 9.59 Å². The molecule has 2 N–H and O–H groups in total. The van der Waals surface area contributed by atoms with Gasteiger partial charge in [-0.3, -0.25) is 4.79 Å². The van der Waals surface area contributed by atoms with Crippen molar-refractivity contribution in [3.05, 3.63) is 33.8 Å². The second kappa shape index (κ2) is 7.20. The van der Waals surface area contributed by atoms with Crippen molar-refractivity contribution in [3.63, 3.8) is 0 Å². The summed E-state index contributed by atoms with van der Waals surface area (Å²) in [7, 11) is 0. The molecule has 0 heterocycles. The summed E-state index contributed by atoms with van der Waals surface area (Å²) in [5.41, 5.74) is 2.25. The number of amides is 3. The van der Waals surface area contributed by atoms with Crippen LogP contribution < -0.4 is 10.7 Å². The first-order chi connectivity index (χ1) is 10.0. The number of nitrogens with zero attached hydrogens (tertiary/aromatic N) is 1. The molecule has 22 heavy (non-hydrogen) atoms. The van der Waals surface area contributed by atoms with Crippen molar-refractivity contribution < 1.29 is 9.59 Å². The Hall–Kier alpha value is -1.46. The maximum atomic E-state index is 12.7. The van der Waals surface area contributed by atoms with Crippen molar-refractivity contribution in [3.8, 4) is 0 Å². The molecule has 0 atom stereocenters. The van der Waals surface area contributed by atoms with Crippen molar-refractivity contribution in [2.75, 3.05) is 0 Å². The largest absolute Gasteiger partial charge is 0.335 e. The summed E-state index contributed by atoms with van der Waals surface area (Å²) in [5.74, 6) is -0.393. The van der Waals surface area contributed by atoms with Crippen LogP contribution in [0.25, 0.3) is 0 Å². The number of hydrogen-bond acceptors (Lipinski definition) is 2. The van der Waals surface area contributed by atoms with Gasteiger partial charge in [0.05, 0.1) is 5.54 Å². The highest BCUT2D eigenvalue weighted by atomic mass is 35.5. The van der Waals surface area contributed by atoms with Crippen molar-refractivity contribution in [2.24, 2.45) is 0 Å². The number of carbonyl (C=O) groups is 2. The summed E-state index contributed by atoms with van der Waals surface area (Å²) in [5, 5.41) is 4.65. The van der Waals surface area contributed by atoms with Gasteiger partial charge >= 0.3 is 6.03 Å². The van der Waals surface area contributed by atoms with Crippen molar-refractivity contribution >= 4 is 35.1 Å². The van der Waals surface area contributed by atoms with Crippen LogP contribution in [-0.4, -0.2) is 28.5 Å². The molecule has 0 aliphatic carbocycles. The number of hydrazine groups is 1. The summed E-state index contributed by atoms with van der Waals surface area (Å²) in [6.45, 7) is 9.10. The predicted molar refractivity (Wildman–Crippen MR) is 89.2 cm³/mol. The van der Waals surface area contributed by atoms with Crippen LogP contribution in [0.4, 0.5) is 4.79 Å². The Bertz CT molecular complexity index is 548. The van der Waals surface area contributed by atoms with Crippen molar-refractivity contribution in [1.82, 2.24) is 15.8 Å². The fourth-order valence-electron chi connectivity index (χ4n) is 1.73. The third-order valence-corrected chi connectivity index (χ3v) is 3.05. The highest BCUT2D eigenvalue weighted by Crippen LogP contribution is 2.22. The van der Waals surface area contributed by atoms with Gasteiger partial charge in [0.1, 0.15) is 0 Å². The minimum absolute atomic E-state index is 0.0439. The van der Waals surface area contributed by atoms with Crippen molar-refractivity contribution in [1.29, 1.82) is 0 Å². The number of benzene rings is 1. The molecule has 1 rings (SSSR count). The standard InChI is InChI=1S/C15H21Cl2N3O2/c1-9(2)18-14(22)19-20(15(3,4)5)13(21)10-6-11(16)8-12(17)7-10/h6-9H,1-5H3,(H2,18,19,22). The number of hydrogen-bond donors (Lipinski definition) is 2. The van der Waals surface area contributed by atoms with E-state index in [0.717, 1.165) is 0 Å². The topological polar surface area (TPSA) is 61.4 Å². The fraction of sp³-hybridized carbons (Fsp3) is 0.467. The van der Waals surface area contributed by atoms with Gasteiger partial charge in [-0.15, -0.1) is 0 Å². The Morgan fingerprint density at radius 3 is 2.00 bits per heavy atom. The fourth-order valence-corrected chi connectivity index (χ4v) is 2.25. The SMILES string of the molecule is CC(C)NC(=O)NN(C(=O)c1cc(Cl)cc(Cl)c1)C(C)(C)C. The normalized spacial score (nSPS) is 11.3. The lowest BCUT2D eigenvalue weighted by atomic mass is 10.1. The third-order valence-electron chi connectivity index (χ3n) is 2.62. The Balaban J connectivity index is 3.06. The molecule has 0 aliphatic heterocycles. The zero-order valence-corrected chi connectivity index (χ0v) is 14.8. The zero-order chi connectivity index (χ0) is 17.1. The van der Waals surface area contributed by atoms with E-state index in [0.29, 0.717) is 15.6 Å². The number of carbonyl (C=O) groups excluding carboxylic acids is 2. The number of urea groups is 1. The summed E-state index contributed by atoms with van der Waals surface area (Å²) < 4.78 is 0. The lowest BCUT2D eigenvalue weighted by molar-refractivity contribution is 0.0448. The van der Waals surface area contributed by atoms with Gasteiger partial charge < -0.3 is 5.32 Å². The number of halogens is 2. The lowest BCUT2D eigenvalue weighted by Gasteiger charge is -2.35. The van der Waals surface area contributed by atoms with Crippen LogP contribution in [0.5, 0.6) is 0 Å². The summed E-state index contributed by atoms with van der Waals surface area (Å²) in [6, 6.07) is 4.07. The molecule has 0 saturated heterocycles. The molecule has 122 valence electrons. The van der Waals surface area contributed by atoms with E-state index in [1.807, 2.05) is 34.6 Å². The minimum atomic E-state index is -0.625. The molecule has 1 aromatic rings. The third kappa shape index (κ3) is 5.39. The molecule has 0 bridgehead atoms. The average molecular weight is 346 g/mol. The molecule has 0 fully saturated rings. The monoisotopic (exact) mass is 345 g/mol. The van der Waals surface area contributed by atoms with Gasteiger partial charge in [0.15, 0.2) is 0 Å². The van der Waals surface area contributed by atoms with Gasteiger partial charge in [0.2, 0.25) is 0 Å². The molecular formula is C15H21Cl2N3O2. The zero-order valence-electron chi connectivity index (χ0n) is 13.3. The van der Waals surface area contributed by atoms with E-state index in [1.165, 1.54) is 17.1 Å². The molecule has 0 aliphatic rings. The second-order valence-electron chi connectivity index (χ2n) is 6.21. The lowest BCUT2D eigenvalue weighted by Crippen LogP contribution is -2.58. The summed E-state index contributed by atoms with van der Waals surface area (Å²) in [6.07, 6.45) is 0. The molecule has 0 unspecified atom stereocenters. The molecule has 0 radical (unpaired) electrons. The first-order valence-corrected chi connectivity index (χ1v) is 7.64. The van der Waals surface area contributed by atoms with Gasteiger partial charge in [0, 0.05) is 21.7 Å². The van der Waals surface area contributed by atoms with Crippen LogP contribution in [0, 0.1) is 0 Å². The molecule has 0 saturated carbocycles. The quantitative estimate of drug-likeness (QED) is 0.799. The van der Waals surface area contributed by atoms with E-state index >= 15 is 0 Å². The summed E-state index contributed by atoms with van der Waals surface area (Å²) in [4.78, 5) is 24.6. The van der Waals surface area contributed by atoms with Gasteiger partial charge in [-0.2, -0.15) is 0 Å². The van der Waals surface area contributed by atoms with Gasteiger partial charge in [-0.1, -0.05) is 23.2 Å². The first-order valence-electron chi connectivity index (χ1n) is 6.88. The number of rotatable bonds is 2. The van der Waals surface area contributed by atoms with Gasteiger partial charge in [-0.05, 0) is 52.8 Å². The van der Waals surface area contributed by atoms with E-state index in [2.05, 4.69) is 10.7 Å². The minimum Gasteiger partial charge on any atom is -0.335 e. The van der Waals surface area contributed by atoms with Gasteiger partial charge in [-0.25, -0.2) is 15.2 Å². The van der Waals surface area contributed by atoms with Crippen LogP contribution in [0.1, 0.15) is 45.0 Å². The molecule has 1 aromatic carbocycles. The van der Waals surface area contributed by atoms with Crippen LogP contribution in [-0.2, 0) is 0 Å². The highest BCUT2D eigenvalue weighted by molar-refractivity contribution is 6.35. The molecule has 7 heteroatoms. The van der Waals surface area contributed by atoms with Crippen molar-refractivity contribution in [2.45, 2.75) is 46.2 Å². The maximum absolute atomic E-state index is 12.7. The molecule has 5 nitrogen and oxygen atoms in total. The first kappa shape index (κ1) is 18.6. The smallest absolute Gasteiger partial charge is 0.333 e. The van der Waals surface area contributed by atoms with E-state index in [1.54, 1.807) is 6.07 Å². The maximum Gasteiger partial charge on any atom is 0.333 e. The Labute approximate surface area is 140 Å². The Kier molecular flexibility index (Phi) is 6.08. The van der Waals surface area contributed by atoms with Gasteiger partial charge in [0.25, 0.3) is 5.91 Å². The molecular weight excluding hydrogens is 325 g/mol. The van der Waals surface area contributed by atoms with E-state index in [-0.39, 0.29) is 6.04 Å².